The molecule has 2 rings (SSSR count). The predicted octanol–water partition coefficient (Wildman–Crippen LogP) is 1.04. The Morgan fingerprint density at radius 1 is 1.67 bits per heavy atom. The fraction of sp³-hybridized carbons (Fsp3) is 0.727. The Morgan fingerprint density at radius 3 is 3.27 bits per heavy atom. The Morgan fingerprint density at radius 2 is 2.60 bits per heavy atom. The normalized spacial score (nSPS) is 23.9. The maximum atomic E-state index is 5.43. The summed E-state index contributed by atoms with van der Waals surface area (Å²) < 4.78 is 7.39. The SMILES string of the molecule is CC(Cn1cccn1)NC1CCCOC1. The van der Waals surface area contributed by atoms with Crippen LogP contribution in [-0.4, -0.2) is 35.1 Å². The molecule has 0 aliphatic carbocycles. The zero-order chi connectivity index (χ0) is 10.5. The molecule has 0 saturated carbocycles. The molecule has 1 fully saturated rings. The summed E-state index contributed by atoms with van der Waals surface area (Å²) in [6.45, 7) is 4.88. The predicted molar refractivity (Wildman–Crippen MR) is 58.7 cm³/mol. The number of ether oxygens (including phenoxy) is 1. The molecule has 1 aliphatic rings. The Kier molecular flexibility index (Phi) is 3.75. The first-order valence-corrected chi connectivity index (χ1v) is 5.66. The molecule has 2 atom stereocenters. The highest BCUT2D eigenvalue weighted by atomic mass is 16.5. The molecule has 0 radical (unpaired) electrons. The standard InChI is InChI=1S/C11H19N3O/c1-10(8-14-6-3-5-12-14)13-11-4-2-7-15-9-11/h3,5-6,10-11,13H,2,4,7-9H2,1H3. The third-order valence-corrected chi connectivity index (χ3v) is 2.70. The number of hydrogen-bond donors (Lipinski definition) is 1. The van der Waals surface area contributed by atoms with Crippen LogP contribution in [0.1, 0.15) is 19.8 Å². The maximum absolute atomic E-state index is 5.43. The summed E-state index contributed by atoms with van der Waals surface area (Å²) in [5.74, 6) is 0. The van der Waals surface area contributed by atoms with Gasteiger partial charge in [-0.1, -0.05) is 0 Å². The Balaban J connectivity index is 1.74. The third-order valence-electron chi connectivity index (χ3n) is 2.70. The van der Waals surface area contributed by atoms with Crippen molar-refractivity contribution in [2.75, 3.05) is 13.2 Å². The molecule has 0 spiro atoms. The molecule has 15 heavy (non-hydrogen) atoms. The smallest absolute Gasteiger partial charge is 0.0619 e. The number of nitrogens with zero attached hydrogens (tertiary/aromatic N) is 2. The van der Waals surface area contributed by atoms with Crippen LogP contribution < -0.4 is 5.32 Å². The lowest BCUT2D eigenvalue weighted by molar-refractivity contribution is 0.0661. The van der Waals surface area contributed by atoms with E-state index in [0.717, 1.165) is 19.8 Å². The van der Waals surface area contributed by atoms with Crippen molar-refractivity contribution in [1.82, 2.24) is 15.1 Å². The topological polar surface area (TPSA) is 39.1 Å². The van der Waals surface area contributed by atoms with Gasteiger partial charge in [-0.15, -0.1) is 0 Å². The van der Waals surface area contributed by atoms with Crippen molar-refractivity contribution in [3.05, 3.63) is 18.5 Å². The van der Waals surface area contributed by atoms with E-state index in [1.54, 1.807) is 0 Å². The second-order valence-electron chi connectivity index (χ2n) is 4.21. The van der Waals surface area contributed by atoms with Crippen molar-refractivity contribution in [2.24, 2.45) is 0 Å². The Bertz CT molecular complexity index is 267. The average Bonchev–Trinajstić information content (AvgIpc) is 2.71. The molecular formula is C11H19N3O. The van der Waals surface area contributed by atoms with Gasteiger partial charge >= 0.3 is 0 Å². The number of aromatic nitrogens is 2. The van der Waals surface area contributed by atoms with Gasteiger partial charge in [-0.2, -0.15) is 5.10 Å². The van der Waals surface area contributed by atoms with Crippen molar-refractivity contribution in [1.29, 1.82) is 0 Å². The van der Waals surface area contributed by atoms with Crippen molar-refractivity contribution < 1.29 is 4.74 Å². The van der Waals surface area contributed by atoms with Crippen LogP contribution in [-0.2, 0) is 11.3 Å². The van der Waals surface area contributed by atoms with Crippen LogP contribution in [0, 0.1) is 0 Å². The van der Waals surface area contributed by atoms with E-state index >= 15 is 0 Å². The molecule has 0 amide bonds. The molecule has 2 unspecified atom stereocenters. The van der Waals surface area contributed by atoms with Crippen LogP contribution >= 0.6 is 0 Å². The number of hydrogen-bond acceptors (Lipinski definition) is 3. The number of rotatable bonds is 4. The van der Waals surface area contributed by atoms with E-state index in [-0.39, 0.29) is 0 Å². The molecule has 84 valence electrons. The summed E-state index contributed by atoms with van der Waals surface area (Å²) in [4.78, 5) is 0. The van der Waals surface area contributed by atoms with Crippen LogP contribution in [0.15, 0.2) is 18.5 Å². The highest BCUT2D eigenvalue weighted by Gasteiger charge is 2.15. The van der Waals surface area contributed by atoms with E-state index in [1.807, 2.05) is 23.1 Å². The number of nitrogens with one attached hydrogen (secondary N) is 1. The second-order valence-corrected chi connectivity index (χ2v) is 4.21. The van der Waals surface area contributed by atoms with Gasteiger partial charge in [0.05, 0.1) is 13.2 Å². The highest BCUT2D eigenvalue weighted by molar-refractivity contribution is 4.80. The van der Waals surface area contributed by atoms with Gasteiger partial charge in [0.15, 0.2) is 0 Å². The molecule has 4 nitrogen and oxygen atoms in total. The quantitative estimate of drug-likeness (QED) is 0.805. The molecule has 1 N–H and O–H groups in total. The zero-order valence-corrected chi connectivity index (χ0v) is 9.22. The van der Waals surface area contributed by atoms with E-state index in [0.29, 0.717) is 12.1 Å². The lowest BCUT2D eigenvalue weighted by atomic mass is 10.1. The molecule has 0 aromatic carbocycles. The van der Waals surface area contributed by atoms with E-state index in [4.69, 9.17) is 4.74 Å². The van der Waals surface area contributed by atoms with E-state index in [1.165, 1.54) is 12.8 Å². The summed E-state index contributed by atoms with van der Waals surface area (Å²) in [6, 6.07) is 2.91. The minimum Gasteiger partial charge on any atom is -0.380 e. The van der Waals surface area contributed by atoms with Crippen molar-refractivity contribution in [3.8, 4) is 0 Å². The van der Waals surface area contributed by atoms with Crippen LogP contribution in [0.4, 0.5) is 0 Å². The lowest BCUT2D eigenvalue weighted by Crippen LogP contribution is -2.43. The minimum absolute atomic E-state index is 0.441. The molecule has 0 bridgehead atoms. The van der Waals surface area contributed by atoms with Crippen LogP contribution in [0.2, 0.25) is 0 Å². The summed E-state index contributed by atoms with van der Waals surface area (Å²) >= 11 is 0. The second kappa shape index (κ2) is 5.28. The van der Waals surface area contributed by atoms with Gasteiger partial charge in [0.2, 0.25) is 0 Å². The molecule has 4 heteroatoms. The molecule has 1 aliphatic heterocycles. The van der Waals surface area contributed by atoms with Gasteiger partial charge in [-0.05, 0) is 25.8 Å². The zero-order valence-electron chi connectivity index (χ0n) is 9.22. The van der Waals surface area contributed by atoms with Gasteiger partial charge in [0, 0.05) is 31.1 Å². The van der Waals surface area contributed by atoms with Gasteiger partial charge in [0.1, 0.15) is 0 Å². The van der Waals surface area contributed by atoms with Gasteiger partial charge in [-0.3, -0.25) is 4.68 Å². The third kappa shape index (κ3) is 3.32. The van der Waals surface area contributed by atoms with Crippen LogP contribution in [0.3, 0.4) is 0 Å². The van der Waals surface area contributed by atoms with Crippen LogP contribution in [0.5, 0.6) is 0 Å². The first kappa shape index (κ1) is 10.6. The first-order valence-electron chi connectivity index (χ1n) is 5.66. The van der Waals surface area contributed by atoms with Crippen molar-refractivity contribution in [3.63, 3.8) is 0 Å². The average molecular weight is 209 g/mol. The largest absolute Gasteiger partial charge is 0.380 e. The fourth-order valence-electron chi connectivity index (χ4n) is 2.02. The van der Waals surface area contributed by atoms with Gasteiger partial charge < -0.3 is 10.1 Å². The van der Waals surface area contributed by atoms with Gasteiger partial charge in [0.25, 0.3) is 0 Å². The minimum atomic E-state index is 0.441. The molecular weight excluding hydrogens is 190 g/mol. The van der Waals surface area contributed by atoms with E-state index < -0.39 is 0 Å². The Hall–Kier alpha value is -0.870. The summed E-state index contributed by atoms with van der Waals surface area (Å²) in [7, 11) is 0. The highest BCUT2D eigenvalue weighted by Crippen LogP contribution is 2.06. The summed E-state index contributed by atoms with van der Waals surface area (Å²) in [6.07, 6.45) is 6.21. The lowest BCUT2D eigenvalue weighted by Gasteiger charge is -2.26. The van der Waals surface area contributed by atoms with Crippen molar-refractivity contribution in [2.45, 2.75) is 38.4 Å². The summed E-state index contributed by atoms with van der Waals surface area (Å²) in [5, 5.41) is 7.77. The van der Waals surface area contributed by atoms with E-state index in [9.17, 15) is 0 Å². The molecule has 1 aromatic heterocycles. The van der Waals surface area contributed by atoms with E-state index in [2.05, 4.69) is 17.3 Å². The monoisotopic (exact) mass is 209 g/mol. The molecule has 1 aromatic rings. The van der Waals surface area contributed by atoms with Gasteiger partial charge in [-0.25, -0.2) is 0 Å². The fourth-order valence-corrected chi connectivity index (χ4v) is 2.02. The maximum Gasteiger partial charge on any atom is 0.0619 e. The Labute approximate surface area is 90.6 Å². The van der Waals surface area contributed by atoms with Crippen LogP contribution in [0.25, 0.3) is 0 Å². The summed E-state index contributed by atoms with van der Waals surface area (Å²) in [5.41, 5.74) is 0. The molecule has 2 heterocycles. The first-order chi connectivity index (χ1) is 7.34. The van der Waals surface area contributed by atoms with Crippen molar-refractivity contribution >= 4 is 0 Å². The molecule has 1 saturated heterocycles.